The summed E-state index contributed by atoms with van der Waals surface area (Å²) in [4.78, 5) is 14.9. The van der Waals surface area contributed by atoms with Crippen molar-refractivity contribution in [2.24, 2.45) is 0 Å². The average Bonchev–Trinajstić information content (AvgIpc) is 2.54. The molecule has 0 unspecified atom stereocenters. The standard InChI is InChI=1S/C18H18FNO3S2/c19-14-6-8-16(9-7-14)25(22,23)17-12-20(13-17)18(21)10-11-24-15-4-2-1-3-5-15/h1-9,17H,10-13H2. The van der Waals surface area contributed by atoms with Crippen molar-refractivity contribution < 1.29 is 17.6 Å². The highest BCUT2D eigenvalue weighted by molar-refractivity contribution is 7.99. The Morgan fingerprint density at radius 2 is 1.72 bits per heavy atom. The molecule has 0 radical (unpaired) electrons. The van der Waals surface area contributed by atoms with Gasteiger partial charge in [0, 0.05) is 30.2 Å². The van der Waals surface area contributed by atoms with Crippen LogP contribution >= 0.6 is 11.8 Å². The number of halogens is 1. The molecular weight excluding hydrogens is 361 g/mol. The fraction of sp³-hybridized carbons (Fsp3) is 0.278. The Morgan fingerprint density at radius 1 is 1.08 bits per heavy atom. The Labute approximate surface area is 151 Å². The fourth-order valence-electron chi connectivity index (χ4n) is 2.59. The summed E-state index contributed by atoms with van der Waals surface area (Å²) in [5.41, 5.74) is 0. The van der Waals surface area contributed by atoms with Gasteiger partial charge in [-0.15, -0.1) is 11.8 Å². The van der Waals surface area contributed by atoms with Crippen molar-refractivity contribution in [1.82, 2.24) is 4.90 Å². The Balaban J connectivity index is 1.48. The molecule has 0 spiro atoms. The maximum Gasteiger partial charge on any atom is 0.223 e. The van der Waals surface area contributed by atoms with Gasteiger partial charge in [-0.3, -0.25) is 4.79 Å². The first-order chi connectivity index (χ1) is 12.0. The highest BCUT2D eigenvalue weighted by atomic mass is 32.2. The largest absolute Gasteiger partial charge is 0.340 e. The summed E-state index contributed by atoms with van der Waals surface area (Å²) < 4.78 is 37.8. The van der Waals surface area contributed by atoms with Crippen LogP contribution in [0.2, 0.25) is 0 Å². The molecule has 1 saturated heterocycles. The number of carbonyl (C=O) groups is 1. The molecule has 1 aliphatic rings. The Bertz CT molecular complexity index is 832. The van der Waals surface area contributed by atoms with Gasteiger partial charge in [0.1, 0.15) is 11.1 Å². The smallest absolute Gasteiger partial charge is 0.223 e. The second-order valence-electron chi connectivity index (χ2n) is 5.83. The van der Waals surface area contributed by atoms with E-state index in [0.29, 0.717) is 12.2 Å². The second-order valence-corrected chi connectivity index (χ2v) is 9.23. The molecule has 132 valence electrons. The van der Waals surface area contributed by atoms with Gasteiger partial charge < -0.3 is 4.90 Å². The zero-order valence-corrected chi connectivity index (χ0v) is 15.1. The first kappa shape index (κ1) is 17.9. The third kappa shape index (κ3) is 4.22. The topological polar surface area (TPSA) is 54.5 Å². The van der Waals surface area contributed by atoms with Gasteiger partial charge >= 0.3 is 0 Å². The first-order valence-corrected chi connectivity index (χ1v) is 10.4. The maximum atomic E-state index is 12.9. The molecule has 1 amide bonds. The van der Waals surface area contributed by atoms with Crippen LogP contribution in [0.15, 0.2) is 64.4 Å². The first-order valence-electron chi connectivity index (χ1n) is 7.92. The zero-order valence-electron chi connectivity index (χ0n) is 13.5. The summed E-state index contributed by atoms with van der Waals surface area (Å²) in [5, 5.41) is -0.608. The third-order valence-electron chi connectivity index (χ3n) is 4.11. The predicted octanol–water partition coefficient (Wildman–Crippen LogP) is 2.99. The number of nitrogens with zero attached hydrogens (tertiary/aromatic N) is 1. The van der Waals surface area contributed by atoms with Gasteiger partial charge in [-0.2, -0.15) is 0 Å². The Morgan fingerprint density at radius 3 is 2.36 bits per heavy atom. The van der Waals surface area contributed by atoms with E-state index in [0.717, 1.165) is 17.0 Å². The lowest BCUT2D eigenvalue weighted by Crippen LogP contribution is -2.56. The normalized spacial score (nSPS) is 15.0. The Kier molecular flexibility index (Phi) is 5.44. The van der Waals surface area contributed by atoms with Gasteiger partial charge in [0.15, 0.2) is 9.84 Å². The summed E-state index contributed by atoms with van der Waals surface area (Å²) in [7, 11) is -3.51. The highest BCUT2D eigenvalue weighted by Gasteiger charge is 2.40. The van der Waals surface area contributed by atoms with Crippen LogP contribution in [-0.2, 0) is 14.6 Å². The monoisotopic (exact) mass is 379 g/mol. The van der Waals surface area contributed by atoms with E-state index < -0.39 is 20.9 Å². The number of thioether (sulfide) groups is 1. The molecule has 2 aromatic rings. The summed E-state index contributed by atoms with van der Waals surface area (Å²) in [6, 6.07) is 14.6. The molecular formula is C18H18FNO3S2. The van der Waals surface area contributed by atoms with Crippen molar-refractivity contribution in [1.29, 1.82) is 0 Å². The molecule has 0 aromatic heterocycles. The minimum atomic E-state index is -3.51. The van der Waals surface area contributed by atoms with Crippen LogP contribution in [-0.4, -0.2) is 43.3 Å². The zero-order chi connectivity index (χ0) is 17.9. The molecule has 1 heterocycles. The molecule has 0 saturated carbocycles. The predicted molar refractivity (Wildman–Crippen MR) is 95.7 cm³/mol. The molecule has 0 bridgehead atoms. The van der Waals surface area contributed by atoms with E-state index in [2.05, 4.69) is 0 Å². The molecule has 0 N–H and O–H groups in total. The van der Waals surface area contributed by atoms with E-state index >= 15 is 0 Å². The molecule has 0 atom stereocenters. The van der Waals surface area contributed by atoms with Gasteiger partial charge in [-0.05, 0) is 36.4 Å². The van der Waals surface area contributed by atoms with Crippen LogP contribution in [0.25, 0.3) is 0 Å². The quantitative estimate of drug-likeness (QED) is 0.572. The number of hydrogen-bond acceptors (Lipinski definition) is 4. The summed E-state index contributed by atoms with van der Waals surface area (Å²) >= 11 is 1.60. The number of likely N-dealkylation sites (tertiary alicyclic amines) is 1. The van der Waals surface area contributed by atoms with E-state index in [1.54, 1.807) is 16.7 Å². The molecule has 3 rings (SSSR count). The highest BCUT2D eigenvalue weighted by Crippen LogP contribution is 2.25. The van der Waals surface area contributed by atoms with E-state index in [1.165, 1.54) is 12.1 Å². The molecule has 1 fully saturated rings. The lowest BCUT2D eigenvalue weighted by molar-refractivity contribution is -0.133. The molecule has 7 heteroatoms. The summed E-state index contributed by atoms with van der Waals surface area (Å²) in [6.07, 6.45) is 0.378. The van der Waals surface area contributed by atoms with Gasteiger partial charge in [-0.25, -0.2) is 12.8 Å². The van der Waals surface area contributed by atoms with Crippen LogP contribution in [0, 0.1) is 5.82 Å². The van der Waals surface area contributed by atoms with Gasteiger partial charge in [0.25, 0.3) is 0 Å². The van der Waals surface area contributed by atoms with E-state index in [1.807, 2.05) is 30.3 Å². The lowest BCUT2D eigenvalue weighted by Gasteiger charge is -2.38. The van der Waals surface area contributed by atoms with Crippen molar-refractivity contribution >= 4 is 27.5 Å². The number of sulfone groups is 1. The van der Waals surface area contributed by atoms with Gasteiger partial charge in [-0.1, -0.05) is 18.2 Å². The van der Waals surface area contributed by atoms with Crippen molar-refractivity contribution in [2.45, 2.75) is 21.5 Å². The lowest BCUT2D eigenvalue weighted by atomic mass is 10.2. The van der Waals surface area contributed by atoms with Crippen molar-refractivity contribution in [2.75, 3.05) is 18.8 Å². The minimum absolute atomic E-state index is 0.0333. The molecule has 0 aliphatic carbocycles. The number of carbonyl (C=O) groups excluding carboxylic acids is 1. The van der Waals surface area contributed by atoms with Gasteiger partial charge in [0.05, 0.1) is 4.90 Å². The van der Waals surface area contributed by atoms with Crippen LogP contribution in [0.3, 0.4) is 0 Å². The van der Waals surface area contributed by atoms with Crippen LogP contribution < -0.4 is 0 Å². The molecule has 1 aliphatic heterocycles. The number of amides is 1. The van der Waals surface area contributed by atoms with Crippen LogP contribution in [0.1, 0.15) is 6.42 Å². The van der Waals surface area contributed by atoms with Crippen LogP contribution in [0.5, 0.6) is 0 Å². The number of rotatable bonds is 6. The summed E-state index contributed by atoms with van der Waals surface area (Å²) in [6.45, 7) is 0.406. The van der Waals surface area contributed by atoms with Crippen molar-refractivity contribution in [3.8, 4) is 0 Å². The van der Waals surface area contributed by atoms with Gasteiger partial charge in [0.2, 0.25) is 5.91 Å². The van der Waals surface area contributed by atoms with E-state index in [-0.39, 0.29) is 23.9 Å². The average molecular weight is 379 g/mol. The second kappa shape index (κ2) is 7.58. The number of benzene rings is 2. The van der Waals surface area contributed by atoms with E-state index in [9.17, 15) is 17.6 Å². The minimum Gasteiger partial charge on any atom is -0.340 e. The van der Waals surface area contributed by atoms with E-state index in [4.69, 9.17) is 0 Å². The maximum absolute atomic E-state index is 12.9. The van der Waals surface area contributed by atoms with Crippen molar-refractivity contribution in [3.63, 3.8) is 0 Å². The molecule has 4 nitrogen and oxygen atoms in total. The molecule has 25 heavy (non-hydrogen) atoms. The SMILES string of the molecule is O=C(CCSc1ccccc1)N1CC(S(=O)(=O)c2ccc(F)cc2)C1. The fourth-order valence-corrected chi connectivity index (χ4v) is 5.10. The number of hydrogen-bond donors (Lipinski definition) is 0. The molecule has 2 aromatic carbocycles. The Hall–Kier alpha value is -1.86. The third-order valence-corrected chi connectivity index (χ3v) is 7.23. The summed E-state index contributed by atoms with van der Waals surface area (Å²) in [5.74, 6) is 0.156. The van der Waals surface area contributed by atoms with Crippen LogP contribution in [0.4, 0.5) is 4.39 Å². The van der Waals surface area contributed by atoms with Crippen molar-refractivity contribution in [3.05, 3.63) is 60.4 Å².